The van der Waals surface area contributed by atoms with Gasteiger partial charge in [-0.2, -0.15) is 0 Å². The van der Waals surface area contributed by atoms with Crippen LogP contribution in [0.2, 0.25) is 0 Å². The molecular weight excluding hydrogens is 270 g/mol. The summed E-state index contributed by atoms with van der Waals surface area (Å²) in [6.07, 6.45) is 1.18. The molecule has 0 aliphatic carbocycles. The fourth-order valence-corrected chi connectivity index (χ4v) is 3.22. The number of hydrogen-bond acceptors (Lipinski definition) is 2. The Morgan fingerprint density at radius 1 is 1.53 bits per heavy atom. The molecule has 0 saturated heterocycles. The number of thioether (sulfide) groups is 1. The molecule has 1 aliphatic heterocycles. The third kappa shape index (κ3) is 3.10. The van der Waals surface area contributed by atoms with E-state index in [4.69, 9.17) is 0 Å². The van der Waals surface area contributed by atoms with Crippen molar-refractivity contribution >= 4 is 27.7 Å². The van der Waals surface area contributed by atoms with E-state index in [2.05, 4.69) is 52.1 Å². The largest absolute Gasteiger partial charge is 0.311 e. The van der Waals surface area contributed by atoms with Crippen LogP contribution >= 0.6 is 27.7 Å². The van der Waals surface area contributed by atoms with E-state index in [1.807, 2.05) is 11.8 Å². The smallest absolute Gasteiger partial charge is 0.0266 e. The molecule has 1 unspecified atom stereocenters. The Morgan fingerprint density at radius 3 is 3.07 bits per heavy atom. The van der Waals surface area contributed by atoms with Crippen LogP contribution in [0.5, 0.6) is 0 Å². The number of hydrogen-bond donors (Lipinski definition) is 1. The van der Waals surface area contributed by atoms with Gasteiger partial charge in [0.2, 0.25) is 0 Å². The summed E-state index contributed by atoms with van der Waals surface area (Å²) in [6, 6.07) is 8.67. The van der Waals surface area contributed by atoms with E-state index in [0.717, 1.165) is 17.6 Å². The predicted octanol–water partition coefficient (Wildman–Crippen LogP) is 3.20. The highest BCUT2D eigenvalue weighted by molar-refractivity contribution is 9.11. The summed E-state index contributed by atoms with van der Waals surface area (Å²) in [5.41, 5.74) is 1.49. The molecular formula is C12H14BrNS. The minimum Gasteiger partial charge on any atom is -0.311 e. The predicted molar refractivity (Wildman–Crippen MR) is 70.7 cm³/mol. The van der Waals surface area contributed by atoms with Crippen LogP contribution in [0.3, 0.4) is 0 Å². The number of fused-ring (bicyclic) bond motifs is 1. The van der Waals surface area contributed by atoms with Crippen LogP contribution < -0.4 is 5.32 Å². The van der Waals surface area contributed by atoms with Crippen LogP contribution in [-0.4, -0.2) is 18.3 Å². The van der Waals surface area contributed by atoms with Gasteiger partial charge in [0.15, 0.2) is 0 Å². The Morgan fingerprint density at radius 2 is 2.33 bits per heavy atom. The Kier molecular flexibility index (Phi) is 3.89. The van der Waals surface area contributed by atoms with Crippen LogP contribution in [0.1, 0.15) is 5.56 Å². The Hall–Kier alpha value is -0.250. The van der Waals surface area contributed by atoms with Gasteiger partial charge in [-0.15, -0.1) is 11.8 Å². The van der Waals surface area contributed by atoms with Crippen molar-refractivity contribution in [2.45, 2.75) is 16.6 Å². The van der Waals surface area contributed by atoms with Crippen molar-refractivity contribution in [1.82, 2.24) is 5.32 Å². The van der Waals surface area contributed by atoms with E-state index < -0.39 is 0 Å². The van der Waals surface area contributed by atoms with Crippen molar-refractivity contribution in [2.75, 3.05) is 13.1 Å². The van der Waals surface area contributed by atoms with E-state index in [1.54, 1.807) is 0 Å². The van der Waals surface area contributed by atoms with Crippen molar-refractivity contribution in [1.29, 1.82) is 0 Å². The first kappa shape index (κ1) is 11.2. The zero-order valence-corrected chi connectivity index (χ0v) is 10.9. The molecule has 0 saturated carbocycles. The number of nitrogens with one attached hydrogen (secondary N) is 1. The number of benzene rings is 1. The van der Waals surface area contributed by atoms with E-state index in [9.17, 15) is 0 Å². The van der Waals surface area contributed by atoms with Gasteiger partial charge in [-0.1, -0.05) is 40.7 Å². The van der Waals surface area contributed by atoms with Crippen molar-refractivity contribution in [3.8, 4) is 0 Å². The standard InChI is InChI=1S/C12H14BrNS/c1-9(13)7-14-8-11-6-10-4-2-3-5-12(10)15-11/h2-5,11,14H,1,6-8H2. The van der Waals surface area contributed by atoms with Crippen molar-refractivity contribution in [2.24, 2.45) is 0 Å². The lowest BCUT2D eigenvalue weighted by atomic mass is 10.1. The first-order valence-electron chi connectivity index (χ1n) is 5.04. The Bertz CT molecular complexity index is 339. The van der Waals surface area contributed by atoms with Gasteiger partial charge in [-0.25, -0.2) is 0 Å². The van der Waals surface area contributed by atoms with Crippen LogP contribution in [-0.2, 0) is 6.42 Å². The van der Waals surface area contributed by atoms with E-state index in [-0.39, 0.29) is 0 Å². The Labute approximate surface area is 103 Å². The second-order valence-corrected chi connectivity index (χ2v) is 6.16. The summed E-state index contributed by atoms with van der Waals surface area (Å²) in [7, 11) is 0. The molecule has 1 aliphatic rings. The highest BCUT2D eigenvalue weighted by Crippen LogP contribution is 2.36. The van der Waals surface area contributed by atoms with Gasteiger partial charge in [0.25, 0.3) is 0 Å². The number of halogens is 1. The minimum absolute atomic E-state index is 0.675. The molecule has 80 valence electrons. The van der Waals surface area contributed by atoms with Gasteiger partial charge in [0.1, 0.15) is 0 Å². The molecule has 0 fully saturated rings. The molecule has 0 amide bonds. The van der Waals surface area contributed by atoms with Gasteiger partial charge < -0.3 is 5.32 Å². The fourth-order valence-electron chi connectivity index (χ4n) is 1.74. The molecule has 0 bridgehead atoms. The fraction of sp³-hybridized carbons (Fsp3) is 0.333. The molecule has 0 radical (unpaired) electrons. The van der Waals surface area contributed by atoms with Crippen LogP contribution in [0, 0.1) is 0 Å². The topological polar surface area (TPSA) is 12.0 Å². The van der Waals surface area contributed by atoms with Gasteiger partial charge in [0, 0.05) is 27.7 Å². The maximum Gasteiger partial charge on any atom is 0.0266 e. The second kappa shape index (κ2) is 5.19. The van der Waals surface area contributed by atoms with Crippen LogP contribution in [0.4, 0.5) is 0 Å². The molecule has 1 nitrogen and oxygen atoms in total. The first-order valence-corrected chi connectivity index (χ1v) is 6.71. The monoisotopic (exact) mass is 283 g/mol. The second-order valence-electron chi connectivity index (χ2n) is 3.70. The van der Waals surface area contributed by atoms with Gasteiger partial charge >= 0.3 is 0 Å². The van der Waals surface area contributed by atoms with E-state index >= 15 is 0 Å². The SMILES string of the molecule is C=C(Br)CNCC1Cc2ccccc2S1. The summed E-state index contributed by atoms with van der Waals surface area (Å²) < 4.78 is 1.02. The average molecular weight is 284 g/mol. The van der Waals surface area contributed by atoms with Gasteiger partial charge in [0.05, 0.1) is 0 Å². The average Bonchev–Trinajstić information content (AvgIpc) is 2.59. The van der Waals surface area contributed by atoms with Gasteiger partial charge in [-0.05, 0) is 18.1 Å². The quantitative estimate of drug-likeness (QED) is 0.911. The Balaban J connectivity index is 1.83. The summed E-state index contributed by atoms with van der Waals surface area (Å²) in [6.45, 7) is 5.71. The molecule has 1 N–H and O–H groups in total. The number of rotatable bonds is 4. The van der Waals surface area contributed by atoms with Crippen molar-refractivity contribution in [3.05, 3.63) is 40.9 Å². The highest BCUT2D eigenvalue weighted by Gasteiger charge is 2.20. The zero-order chi connectivity index (χ0) is 10.7. The maximum atomic E-state index is 3.81. The molecule has 1 heterocycles. The summed E-state index contributed by atoms with van der Waals surface area (Å²) in [5.74, 6) is 0. The molecule has 0 spiro atoms. The molecule has 1 atom stereocenters. The van der Waals surface area contributed by atoms with Crippen molar-refractivity contribution < 1.29 is 0 Å². The van der Waals surface area contributed by atoms with E-state index in [1.165, 1.54) is 16.9 Å². The molecule has 0 aromatic heterocycles. The molecule has 3 heteroatoms. The third-order valence-corrected chi connectivity index (χ3v) is 4.00. The molecule has 2 rings (SSSR count). The third-order valence-electron chi connectivity index (χ3n) is 2.40. The summed E-state index contributed by atoms with van der Waals surface area (Å²) in [5, 5.41) is 4.07. The summed E-state index contributed by atoms with van der Waals surface area (Å²) >= 11 is 5.33. The van der Waals surface area contributed by atoms with Crippen LogP contribution in [0.15, 0.2) is 40.2 Å². The molecule has 15 heavy (non-hydrogen) atoms. The van der Waals surface area contributed by atoms with Gasteiger partial charge in [-0.3, -0.25) is 0 Å². The van der Waals surface area contributed by atoms with Crippen LogP contribution in [0.25, 0.3) is 0 Å². The minimum atomic E-state index is 0.675. The van der Waals surface area contributed by atoms with E-state index in [0.29, 0.717) is 5.25 Å². The lowest BCUT2D eigenvalue weighted by Crippen LogP contribution is -2.25. The van der Waals surface area contributed by atoms with Crippen molar-refractivity contribution in [3.63, 3.8) is 0 Å². The maximum absolute atomic E-state index is 3.81. The molecule has 1 aromatic rings. The lowest BCUT2D eigenvalue weighted by Gasteiger charge is -2.09. The zero-order valence-electron chi connectivity index (χ0n) is 8.50. The molecule has 1 aromatic carbocycles. The summed E-state index contributed by atoms with van der Waals surface area (Å²) in [4.78, 5) is 1.45. The lowest BCUT2D eigenvalue weighted by molar-refractivity contribution is 0.711. The highest BCUT2D eigenvalue weighted by atomic mass is 79.9. The first-order chi connectivity index (χ1) is 7.25. The normalized spacial score (nSPS) is 18.9.